The molecule has 1 heterocycles. The van der Waals surface area contributed by atoms with Crippen LogP contribution in [0, 0.1) is 0 Å². The van der Waals surface area contributed by atoms with E-state index in [1.807, 2.05) is 24.3 Å². The highest BCUT2D eigenvalue weighted by Gasteiger charge is 2.07. The normalized spacial score (nSPS) is 10.3. The van der Waals surface area contributed by atoms with E-state index in [4.69, 9.17) is 23.2 Å². The predicted molar refractivity (Wildman–Crippen MR) is 65.2 cm³/mol. The van der Waals surface area contributed by atoms with Crippen molar-refractivity contribution in [2.75, 3.05) is 0 Å². The lowest BCUT2D eigenvalue weighted by Gasteiger charge is -2.03. The fourth-order valence-corrected chi connectivity index (χ4v) is 1.88. The van der Waals surface area contributed by atoms with Crippen molar-refractivity contribution in [1.29, 1.82) is 0 Å². The van der Waals surface area contributed by atoms with Gasteiger partial charge in [0.15, 0.2) is 5.15 Å². The summed E-state index contributed by atoms with van der Waals surface area (Å²) in [4.78, 5) is 0. The average Bonchev–Trinajstić information content (AvgIpc) is 2.23. The number of aromatic nitrogens is 2. The van der Waals surface area contributed by atoms with Gasteiger partial charge in [-0.25, -0.2) is 0 Å². The molecule has 0 radical (unpaired) electrons. The van der Waals surface area contributed by atoms with Crippen LogP contribution in [0.5, 0.6) is 0 Å². The van der Waals surface area contributed by atoms with Gasteiger partial charge in [0, 0.05) is 10.0 Å². The second-order valence-electron chi connectivity index (χ2n) is 2.85. The van der Waals surface area contributed by atoms with Crippen molar-refractivity contribution in [1.82, 2.24) is 10.2 Å². The molecule has 0 fully saturated rings. The minimum atomic E-state index is 0.215. The maximum atomic E-state index is 5.87. The zero-order valence-corrected chi connectivity index (χ0v) is 10.5. The highest BCUT2D eigenvalue weighted by atomic mass is 79.9. The first-order valence-electron chi connectivity index (χ1n) is 4.12. The Bertz CT molecular complexity index is 503. The monoisotopic (exact) mass is 302 g/mol. The Balaban J connectivity index is 2.55. The Hall–Kier alpha value is -0.640. The first kappa shape index (κ1) is 10.9. The lowest BCUT2D eigenvalue weighted by molar-refractivity contribution is 1.04. The second kappa shape index (κ2) is 4.47. The fourth-order valence-electron chi connectivity index (χ4n) is 1.15. The van der Waals surface area contributed by atoms with Gasteiger partial charge in [0.25, 0.3) is 0 Å². The quantitative estimate of drug-likeness (QED) is 0.788. The van der Waals surface area contributed by atoms with Crippen molar-refractivity contribution in [2.24, 2.45) is 0 Å². The summed E-state index contributed by atoms with van der Waals surface area (Å²) in [6.45, 7) is 0. The molecule has 2 rings (SSSR count). The molecule has 1 aromatic carbocycles. The molecule has 0 aliphatic heterocycles. The van der Waals surface area contributed by atoms with Gasteiger partial charge in [-0.15, -0.1) is 10.2 Å². The molecule has 5 heteroatoms. The summed E-state index contributed by atoms with van der Waals surface area (Å²) in [5, 5.41) is 8.35. The molecule has 0 amide bonds. The van der Waals surface area contributed by atoms with E-state index in [0.717, 1.165) is 10.0 Å². The van der Waals surface area contributed by atoms with Crippen LogP contribution in [0.1, 0.15) is 0 Å². The molecule has 2 aromatic rings. The third kappa shape index (κ3) is 2.30. The summed E-state index contributed by atoms with van der Waals surface area (Å²) < 4.78 is 0.942. The second-order valence-corrected chi connectivity index (χ2v) is 4.47. The Morgan fingerprint density at radius 2 is 1.80 bits per heavy atom. The first-order chi connectivity index (χ1) is 7.18. The van der Waals surface area contributed by atoms with Crippen molar-refractivity contribution in [3.05, 3.63) is 45.0 Å². The van der Waals surface area contributed by atoms with Crippen molar-refractivity contribution in [2.45, 2.75) is 0 Å². The Morgan fingerprint density at radius 1 is 1.07 bits per heavy atom. The number of hydrogen-bond acceptors (Lipinski definition) is 2. The zero-order valence-electron chi connectivity index (χ0n) is 7.42. The molecule has 0 unspecified atom stereocenters. The number of rotatable bonds is 1. The van der Waals surface area contributed by atoms with E-state index in [0.29, 0.717) is 10.7 Å². The molecule has 0 bridgehead atoms. The molecule has 0 aliphatic rings. The first-order valence-corrected chi connectivity index (χ1v) is 5.67. The number of nitrogens with zero attached hydrogens (tertiary/aromatic N) is 2. The molecule has 0 spiro atoms. The third-order valence-corrected chi connectivity index (χ3v) is 3.21. The van der Waals surface area contributed by atoms with Crippen LogP contribution in [0.4, 0.5) is 0 Å². The van der Waals surface area contributed by atoms with Gasteiger partial charge in [0.05, 0.1) is 10.7 Å². The lowest BCUT2D eigenvalue weighted by Crippen LogP contribution is -1.89. The fraction of sp³-hybridized carbons (Fsp3) is 0. The highest BCUT2D eigenvalue weighted by Crippen LogP contribution is 2.29. The topological polar surface area (TPSA) is 25.8 Å². The molecule has 0 atom stereocenters. The SMILES string of the molecule is Clc1cc(-c2ccccc2Br)nnc1Cl. The van der Waals surface area contributed by atoms with E-state index >= 15 is 0 Å². The van der Waals surface area contributed by atoms with E-state index in [1.54, 1.807) is 6.07 Å². The van der Waals surface area contributed by atoms with Gasteiger partial charge in [-0.3, -0.25) is 0 Å². The van der Waals surface area contributed by atoms with Gasteiger partial charge in [-0.2, -0.15) is 0 Å². The molecule has 0 N–H and O–H groups in total. The van der Waals surface area contributed by atoms with Crippen LogP contribution < -0.4 is 0 Å². The predicted octanol–water partition coefficient (Wildman–Crippen LogP) is 4.21. The van der Waals surface area contributed by atoms with Gasteiger partial charge in [0.1, 0.15) is 0 Å². The minimum absolute atomic E-state index is 0.215. The summed E-state index contributed by atoms with van der Waals surface area (Å²) in [5.41, 5.74) is 1.63. The Labute approximate surface area is 105 Å². The molecule has 0 saturated heterocycles. The maximum Gasteiger partial charge on any atom is 0.170 e. The van der Waals surface area contributed by atoms with Crippen molar-refractivity contribution in [3.8, 4) is 11.3 Å². The van der Waals surface area contributed by atoms with Gasteiger partial charge in [0.2, 0.25) is 0 Å². The van der Waals surface area contributed by atoms with Crippen molar-refractivity contribution in [3.63, 3.8) is 0 Å². The van der Waals surface area contributed by atoms with Crippen LogP contribution in [0.25, 0.3) is 11.3 Å². The number of hydrogen-bond donors (Lipinski definition) is 0. The van der Waals surface area contributed by atoms with E-state index in [2.05, 4.69) is 26.1 Å². The molecular formula is C10H5BrCl2N2. The Morgan fingerprint density at radius 3 is 2.47 bits per heavy atom. The molecular weight excluding hydrogens is 299 g/mol. The van der Waals surface area contributed by atoms with E-state index < -0.39 is 0 Å². The van der Waals surface area contributed by atoms with Crippen molar-refractivity contribution >= 4 is 39.1 Å². The number of halogens is 3. The van der Waals surface area contributed by atoms with Gasteiger partial charge in [-0.1, -0.05) is 57.3 Å². The molecule has 0 aliphatic carbocycles. The number of benzene rings is 1. The summed E-state index contributed by atoms with van der Waals surface area (Å²) in [6, 6.07) is 9.40. The van der Waals surface area contributed by atoms with Crippen LogP contribution in [0.3, 0.4) is 0 Å². The van der Waals surface area contributed by atoms with E-state index in [9.17, 15) is 0 Å². The molecule has 1 aromatic heterocycles. The van der Waals surface area contributed by atoms with Gasteiger partial charge >= 0.3 is 0 Å². The Kier molecular flexibility index (Phi) is 3.24. The van der Waals surface area contributed by atoms with Crippen LogP contribution in [0.15, 0.2) is 34.8 Å². The minimum Gasteiger partial charge on any atom is -0.149 e. The molecule has 2 nitrogen and oxygen atoms in total. The third-order valence-electron chi connectivity index (χ3n) is 1.86. The van der Waals surface area contributed by atoms with Crippen molar-refractivity contribution < 1.29 is 0 Å². The molecule has 76 valence electrons. The van der Waals surface area contributed by atoms with Crippen LogP contribution >= 0.6 is 39.1 Å². The maximum absolute atomic E-state index is 5.87. The van der Waals surface area contributed by atoms with E-state index in [-0.39, 0.29) is 5.15 Å². The lowest BCUT2D eigenvalue weighted by atomic mass is 10.1. The van der Waals surface area contributed by atoms with E-state index in [1.165, 1.54) is 0 Å². The smallest absolute Gasteiger partial charge is 0.149 e. The van der Waals surface area contributed by atoms with Gasteiger partial charge in [-0.05, 0) is 12.1 Å². The summed E-state index contributed by atoms with van der Waals surface area (Å²) in [6.07, 6.45) is 0. The molecule has 15 heavy (non-hydrogen) atoms. The van der Waals surface area contributed by atoms with Crippen LogP contribution in [0.2, 0.25) is 10.2 Å². The van der Waals surface area contributed by atoms with Gasteiger partial charge < -0.3 is 0 Å². The zero-order chi connectivity index (χ0) is 10.8. The average molecular weight is 304 g/mol. The summed E-state index contributed by atoms with van der Waals surface area (Å²) in [5.74, 6) is 0. The van der Waals surface area contributed by atoms with Crippen LogP contribution in [-0.4, -0.2) is 10.2 Å². The summed E-state index contributed by atoms with van der Waals surface area (Å²) >= 11 is 15.0. The standard InChI is InChI=1S/C10H5BrCl2N2/c11-7-4-2-1-3-6(7)9-5-8(12)10(13)15-14-9/h1-5H. The summed E-state index contributed by atoms with van der Waals surface area (Å²) in [7, 11) is 0. The molecule has 0 saturated carbocycles. The largest absolute Gasteiger partial charge is 0.170 e. The highest BCUT2D eigenvalue weighted by molar-refractivity contribution is 9.10. The van der Waals surface area contributed by atoms with Crippen LogP contribution in [-0.2, 0) is 0 Å².